The van der Waals surface area contributed by atoms with Crippen molar-refractivity contribution in [1.29, 1.82) is 0 Å². The van der Waals surface area contributed by atoms with E-state index in [0.717, 1.165) is 6.42 Å². The van der Waals surface area contributed by atoms with Gasteiger partial charge in [0.05, 0.1) is 0 Å². The highest BCUT2D eigenvalue weighted by atomic mass is 16.5. The normalized spacial score (nSPS) is 14.8. The zero-order valence-electron chi connectivity index (χ0n) is 16.5. The third kappa shape index (κ3) is 7.53. The number of carbonyl (C=O) groups is 3. The molecule has 1 N–H and O–H groups in total. The third-order valence-corrected chi connectivity index (χ3v) is 5.05. The van der Waals surface area contributed by atoms with Crippen LogP contribution in [-0.4, -0.2) is 30.8 Å². The molecule has 1 amide bonds. The summed E-state index contributed by atoms with van der Waals surface area (Å²) in [6.07, 6.45) is 7.45. The summed E-state index contributed by atoms with van der Waals surface area (Å²) in [7, 11) is 0. The molecular formula is C22H31NO4. The van der Waals surface area contributed by atoms with Gasteiger partial charge in [-0.2, -0.15) is 0 Å². The van der Waals surface area contributed by atoms with Crippen molar-refractivity contribution in [1.82, 2.24) is 5.32 Å². The third-order valence-electron chi connectivity index (χ3n) is 5.05. The van der Waals surface area contributed by atoms with Crippen LogP contribution in [0.25, 0.3) is 0 Å². The van der Waals surface area contributed by atoms with Gasteiger partial charge in [-0.15, -0.1) is 0 Å². The van der Waals surface area contributed by atoms with Crippen molar-refractivity contribution < 1.29 is 19.1 Å². The molecule has 5 nitrogen and oxygen atoms in total. The molecule has 0 spiro atoms. The molecule has 1 aromatic carbocycles. The van der Waals surface area contributed by atoms with Gasteiger partial charge in [0.2, 0.25) is 5.91 Å². The number of amides is 1. The highest BCUT2D eigenvalue weighted by Crippen LogP contribution is 2.32. The number of hydrogen-bond donors (Lipinski definition) is 1. The van der Waals surface area contributed by atoms with Crippen LogP contribution in [0.15, 0.2) is 24.3 Å². The van der Waals surface area contributed by atoms with E-state index in [0.29, 0.717) is 23.8 Å². The Morgan fingerprint density at radius 2 is 1.74 bits per heavy atom. The maximum Gasteiger partial charge on any atom is 0.325 e. The molecule has 1 saturated carbocycles. The largest absolute Gasteiger partial charge is 0.456 e. The van der Waals surface area contributed by atoms with E-state index < -0.39 is 5.97 Å². The average Bonchev–Trinajstić information content (AvgIpc) is 2.69. The summed E-state index contributed by atoms with van der Waals surface area (Å²) in [4.78, 5) is 35.5. The summed E-state index contributed by atoms with van der Waals surface area (Å²) in [5.41, 5.74) is 1.83. The van der Waals surface area contributed by atoms with Crippen molar-refractivity contribution >= 4 is 17.7 Å². The smallest absolute Gasteiger partial charge is 0.325 e. The Morgan fingerprint density at radius 1 is 1.07 bits per heavy atom. The maximum absolute atomic E-state index is 12.2. The van der Waals surface area contributed by atoms with E-state index in [1.165, 1.54) is 37.7 Å². The van der Waals surface area contributed by atoms with E-state index in [2.05, 4.69) is 5.32 Å². The van der Waals surface area contributed by atoms with Crippen molar-refractivity contribution in [3.8, 4) is 0 Å². The Morgan fingerprint density at radius 3 is 2.37 bits per heavy atom. The number of Topliss-reactive ketones (excluding diaryl/α,β-unsaturated/α-hetero) is 1. The molecule has 0 aromatic heterocycles. The zero-order valence-corrected chi connectivity index (χ0v) is 16.5. The van der Waals surface area contributed by atoms with E-state index in [1.807, 2.05) is 38.1 Å². The van der Waals surface area contributed by atoms with E-state index in [4.69, 9.17) is 4.74 Å². The first-order valence-electron chi connectivity index (χ1n) is 10.0. The molecule has 1 aliphatic rings. The monoisotopic (exact) mass is 373 g/mol. The van der Waals surface area contributed by atoms with Crippen LogP contribution >= 0.6 is 0 Å². The number of nitrogens with one attached hydrogen (secondary N) is 1. The molecule has 1 aliphatic carbocycles. The molecule has 0 aliphatic heterocycles. The Bertz CT molecular complexity index is 630. The molecule has 1 fully saturated rings. The van der Waals surface area contributed by atoms with Gasteiger partial charge in [-0.3, -0.25) is 14.4 Å². The minimum absolute atomic E-state index is 0.176. The summed E-state index contributed by atoms with van der Waals surface area (Å²) < 4.78 is 4.98. The molecule has 1 aromatic rings. The first kappa shape index (κ1) is 21.1. The fourth-order valence-corrected chi connectivity index (χ4v) is 3.34. The van der Waals surface area contributed by atoms with Crippen LogP contribution < -0.4 is 5.32 Å². The van der Waals surface area contributed by atoms with Gasteiger partial charge in [0.25, 0.3) is 0 Å². The summed E-state index contributed by atoms with van der Waals surface area (Å²) >= 11 is 0. The summed E-state index contributed by atoms with van der Waals surface area (Å²) in [6, 6.07) is 7.65. The maximum atomic E-state index is 12.2. The first-order valence-corrected chi connectivity index (χ1v) is 10.0. The lowest BCUT2D eigenvalue weighted by Gasteiger charge is -2.22. The second-order valence-corrected chi connectivity index (χ2v) is 7.75. The van der Waals surface area contributed by atoms with Gasteiger partial charge in [-0.05, 0) is 36.7 Å². The van der Waals surface area contributed by atoms with Crippen molar-refractivity contribution in [3.63, 3.8) is 0 Å². The number of ether oxygens (including phenoxy) is 1. The summed E-state index contributed by atoms with van der Waals surface area (Å²) in [5, 5.41) is 2.52. The fraction of sp³-hybridized carbons (Fsp3) is 0.591. The fourth-order valence-electron chi connectivity index (χ4n) is 3.34. The quantitative estimate of drug-likeness (QED) is 0.524. The molecule has 0 saturated heterocycles. The molecule has 0 heterocycles. The van der Waals surface area contributed by atoms with E-state index >= 15 is 0 Å². The zero-order chi connectivity index (χ0) is 19.6. The Labute approximate surface area is 161 Å². The van der Waals surface area contributed by atoms with Gasteiger partial charge in [0, 0.05) is 12.0 Å². The Kier molecular flexibility index (Phi) is 8.49. The number of hydrogen-bond acceptors (Lipinski definition) is 4. The van der Waals surface area contributed by atoms with Crippen LogP contribution in [0.4, 0.5) is 0 Å². The lowest BCUT2D eigenvalue weighted by atomic mass is 9.84. The van der Waals surface area contributed by atoms with Crippen molar-refractivity contribution in [3.05, 3.63) is 35.4 Å². The molecular weight excluding hydrogens is 342 g/mol. The minimum atomic E-state index is -0.597. The van der Waals surface area contributed by atoms with Crippen LogP contribution in [0.2, 0.25) is 0 Å². The minimum Gasteiger partial charge on any atom is -0.456 e. The highest BCUT2D eigenvalue weighted by Gasteiger charge is 2.16. The lowest BCUT2D eigenvalue weighted by Crippen LogP contribution is -2.31. The number of esters is 1. The molecule has 0 radical (unpaired) electrons. The van der Waals surface area contributed by atoms with Crippen molar-refractivity contribution in [2.75, 3.05) is 13.2 Å². The molecule has 0 atom stereocenters. The predicted molar refractivity (Wildman–Crippen MR) is 105 cm³/mol. The molecule has 0 bridgehead atoms. The van der Waals surface area contributed by atoms with Crippen molar-refractivity contribution in [2.24, 2.45) is 5.92 Å². The van der Waals surface area contributed by atoms with Crippen LogP contribution in [0.3, 0.4) is 0 Å². The highest BCUT2D eigenvalue weighted by molar-refractivity contribution is 5.98. The van der Waals surface area contributed by atoms with E-state index in [9.17, 15) is 14.4 Å². The SMILES string of the molecule is CC(C)CCC(=O)NCC(=O)OCC(=O)c1ccc(C2CCCCC2)cc1. The Hall–Kier alpha value is -2.17. The lowest BCUT2D eigenvalue weighted by molar-refractivity contribution is -0.142. The first-order chi connectivity index (χ1) is 13.0. The van der Waals surface area contributed by atoms with Gasteiger partial charge in [0.15, 0.2) is 12.4 Å². The molecule has 0 unspecified atom stereocenters. The van der Waals surface area contributed by atoms with Gasteiger partial charge in [-0.25, -0.2) is 0 Å². The van der Waals surface area contributed by atoms with Gasteiger partial charge in [-0.1, -0.05) is 57.4 Å². The second-order valence-electron chi connectivity index (χ2n) is 7.75. The predicted octanol–water partition coefficient (Wildman–Crippen LogP) is 4.01. The molecule has 2 rings (SSSR count). The van der Waals surface area contributed by atoms with Crippen LogP contribution in [0, 0.1) is 5.92 Å². The topological polar surface area (TPSA) is 72.5 Å². The Balaban J connectivity index is 1.71. The molecule has 148 valence electrons. The number of carbonyl (C=O) groups excluding carboxylic acids is 3. The number of rotatable bonds is 9. The number of benzene rings is 1. The van der Waals surface area contributed by atoms with Crippen molar-refractivity contribution in [2.45, 2.75) is 64.7 Å². The van der Waals surface area contributed by atoms with E-state index in [1.54, 1.807) is 0 Å². The summed E-state index contributed by atoms with van der Waals surface area (Å²) in [6.45, 7) is 3.57. The average molecular weight is 373 g/mol. The molecule has 27 heavy (non-hydrogen) atoms. The summed E-state index contributed by atoms with van der Waals surface area (Å²) in [5.74, 6) is 0.0277. The van der Waals surface area contributed by atoms with Crippen LogP contribution in [0.1, 0.15) is 80.6 Å². The standard InChI is InChI=1S/C22H31NO4/c1-16(2)8-13-21(25)23-14-22(26)27-15-20(24)19-11-9-18(10-12-19)17-6-4-3-5-7-17/h9-12,16-17H,3-8,13-15H2,1-2H3,(H,23,25). The van der Waals surface area contributed by atoms with Crippen LogP contribution in [-0.2, 0) is 14.3 Å². The number of ketones is 1. The van der Waals surface area contributed by atoms with Gasteiger partial charge >= 0.3 is 5.97 Å². The van der Waals surface area contributed by atoms with E-state index in [-0.39, 0.29) is 24.8 Å². The van der Waals surface area contributed by atoms with Gasteiger partial charge < -0.3 is 10.1 Å². The van der Waals surface area contributed by atoms with Crippen LogP contribution in [0.5, 0.6) is 0 Å². The van der Waals surface area contributed by atoms with Gasteiger partial charge in [0.1, 0.15) is 6.54 Å². The molecule has 5 heteroatoms. The second kappa shape index (κ2) is 10.9.